The molecule has 0 aliphatic heterocycles. The number of benzene rings is 1. The summed E-state index contributed by atoms with van der Waals surface area (Å²) in [6.45, 7) is 1.87. The molecule has 1 amide bonds. The number of esters is 1. The first-order valence-corrected chi connectivity index (χ1v) is 9.46. The van der Waals surface area contributed by atoms with Gasteiger partial charge in [-0.3, -0.25) is 18.8 Å². The average molecular weight is 425 g/mol. The Morgan fingerprint density at radius 2 is 2.07 bits per heavy atom. The van der Waals surface area contributed by atoms with Gasteiger partial charge < -0.3 is 4.74 Å². The maximum atomic E-state index is 13.7. The van der Waals surface area contributed by atoms with Crippen LogP contribution in [0.1, 0.15) is 27.8 Å². The van der Waals surface area contributed by atoms with Crippen molar-refractivity contribution >= 4 is 40.8 Å². The lowest BCUT2D eigenvalue weighted by Gasteiger charge is -2.22. The molecule has 4 aromatic rings. The number of carbonyl (C=O) groups is 2. The fourth-order valence-corrected chi connectivity index (χ4v) is 3.23. The van der Waals surface area contributed by atoms with Crippen LogP contribution >= 0.6 is 11.6 Å². The van der Waals surface area contributed by atoms with E-state index in [2.05, 4.69) is 15.1 Å². The summed E-state index contributed by atoms with van der Waals surface area (Å²) in [5.74, 6) is -0.402. The minimum absolute atomic E-state index is 0.0678. The van der Waals surface area contributed by atoms with Crippen molar-refractivity contribution in [2.75, 3.05) is 11.5 Å². The molecule has 0 bridgehead atoms. The van der Waals surface area contributed by atoms with Crippen LogP contribution in [0.25, 0.3) is 5.78 Å². The van der Waals surface area contributed by atoms with Crippen molar-refractivity contribution in [1.29, 1.82) is 0 Å². The molecule has 10 heteroatoms. The highest BCUT2D eigenvalue weighted by atomic mass is 35.5. The van der Waals surface area contributed by atoms with Crippen molar-refractivity contribution in [3.63, 3.8) is 0 Å². The molecule has 0 N–H and O–H groups in total. The smallest absolute Gasteiger partial charge is 0.342 e. The van der Waals surface area contributed by atoms with E-state index in [0.717, 1.165) is 0 Å². The van der Waals surface area contributed by atoms with Crippen LogP contribution < -0.4 is 4.90 Å². The second-order valence-electron chi connectivity index (χ2n) is 6.29. The van der Waals surface area contributed by atoms with Gasteiger partial charge in [-0.2, -0.15) is 10.1 Å². The molecule has 152 valence electrons. The Hall–Kier alpha value is -3.72. The van der Waals surface area contributed by atoms with Crippen LogP contribution in [0.15, 0.2) is 55.1 Å². The summed E-state index contributed by atoms with van der Waals surface area (Å²) in [5, 5.41) is 4.52. The second-order valence-corrected chi connectivity index (χ2v) is 6.73. The van der Waals surface area contributed by atoms with Gasteiger partial charge in [0.2, 0.25) is 5.78 Å². The molecule has 3 heterocycles. The summed E-state index contributed by atoms with van der Waals surface area (Å²) in [6, 6.07) is 8.46. The number of rotatable bonds is 5. The van der Waals surface area contributed by atoms with E-state index in [0.29, 0.717) is 22.3 Å². The van der Waals surface area contributed by atoms with Crippen LogP contribution in [0.2, 0.25) is 5.02 Å². The predicted molar refractivity (Wildman–Crippen MR) is 110 cm³/mol. The summed E-state index contributed by atoms with van der Waals surface area (Å²) in [5.41, 5.74) is 0.614. The van der Waals surface area contributed by atoms with E-state index in [1.54, 1.807) is 67.3 Å². The number of imidazole rings is 1. The lowest BCUT2D eigenvalue weighted by atomic mass is 10.2. The molecule has 9 nitrogen and oxygen atoms in total. The molecule has 3 aromatic heterocycles. The van der Waals surface area contributed by atoms with Crippen molar-refractivity contribution in [2.24, 2.45) is 7.05 Å². The van der Waals surface area contributed by atoms with Crippen molar-refractivity contribution < 1.29 is 14.3 Å². The molecule has 0 unspecified atom stereocenters. The summed E-state index contributed by atoms with van der Waals surface area (Å²) < 4.78 is 8.13. The molecule has 0 aliphatic rings. The van der Waals surface area contributed by atoms with E-state index >= 15 is 0 Å². The third-order valence-corrected chi connectivity index (χ3v) is 4.62. The van der Waals surface area contributed by atoms with Crippen LogP contribution in [0, 0.1) is 0 Å². The van der Waals surface area contributed by atoms with Crippen molar-refractivity contribution in [3.8, 4) is 0 Å². The minimum atomic E-state index is -0.628. The first-order chi connectivity index (χ1) is 14.5. The zero-order valence-electron chi connectivity index (χ0n) is 16.2. The number of amides is 1. The van der Waals surface area contributed by atoms with Gasteiger partial charge in [-0.15, -0.1) is 0 Å². The largest absolute Gasteiger partial charge is 0.462 e. The lowest BCUT2D eigenvalue weighted by Crippen LogP contribution is -2.30. The summed E-state index contributed by atoms with van der Waals surface area (Å²) in [7, 11) is 1.58. The Morgan fingerprint density at radius 1 is 1.23 bits per heavy atom. The summed E-state index contributed by atoms with van der Waals surface area (Å²) in [4.78, 5) is 36.1. The number of halogens is 1. The van der Waals surface area contributed by atoms with E-state index in [4.69, 9.17) is 16.3 Å². The number of anilines is 2. The third kappa shape index (κ3) is 3.50. The van der Waals surface area contributed by atoms with Crippen LogP contribution in [0.5, 0.6) is 0 Å². The molecule has 0 spiro atoms. The highest BCUT2D eigenvalue weighted by Crippen LogP contribution is 2.29. The van der Waals surface area contributed by atoms with Gasteiger partial charge in [0.05, 0.1) is 18.5 Å². The highest BCUT2D eigenvalue weighted by Gasteiger charge is 2.30. The van der Waals surface area contributed by atoms with Crippen LogP contribution in [-0.4, -0.2) is 42.6 Å². The number of fused-ring (bicyclic) bond motifs is 1. The van der Waals surface area contributed by atoms with E-state index in [1.807, 2.05) is 0 Å². The fourth-order valence-electron chi connectivity index (χ4n) is 3.04. The lowest BCUT2D eigenvalue weighted by molar-refractivity contribution is 0.0523. The second kappa shape index (κ2) is 7.96. The van der Waals surface area contributed by atoms with E-state index in [-0.39, 0.29) is 17.9 Å². The topological polar surface area (TPSA) is 94.6 Å². The van der Waals surface area contributed by atoms with E-state index in [1.165, 1.54) is 15.8 Å². The molecule has 0 atom stereocenters. The molecule has 0 saturated carbocycles. The van der Waals surface area contributed by atoms with Gasteiger partial charge in [-0.1, -0.05) is 17.7 Å². The normalized spacial score (nSPS) is 10.9. The minimum Gasteiger partial charge on any atom is -0.462 e. The first-order valence-electron chi connectivity index (χ1n) is 9.08. The summed E-state index contributed by atoms with van der Waals surface area (Å²) in [6.07, 6.45) is 6.41. The van der Waals surface area contributed by atoms with Crippen LogP contribution in [0.3, 0.4) is 0 Å². The molecule has 30 heavy (non-hydrogen) atoms. The Labute approximate surface area is 176 Å². The van der Waals surface area contributed by atoms with Gasteiger partial charge in [0.1, 0.15) is 17.1 Å². The molecule has 0 aliphatic carbocycles. The Balaban J connectivity index is 1.87. The zero-order valence-corrected chi connectivity index (χ0v) is 16.9. The van der Waals surface area contributed by atoms with Gasteiger partial charge in [-0.25, -0.2) is 9.78 Å². The van der Waals surface area contributed by atoms with E-state index in [9.17, 15) is 9.59 Å². The molecular weight excluding hydrogens is 408 g/mol. The summed E-state index contributed by atoms with van der Waals surface area (Å²) >= 11 is 6.17. The van der Waals surface area contributed by atoms with Crippen molar-refractivity contribution in [3.05, 3.63) is 71.4 Å². The Morgan fingerprint density at radius 3 is 2.83 bits per heavy atom. The fraction of sp³-hybridized carbons (Fsp3) is 0.150. The molecule has 0 radical (unpaired) electrons. The number of aryl methyl sites for hydroxylation is 1. The molecule has 4 rings (SSSR count). The maximum absolute atomic E-state index is 13.7. The van der Waals surface area contributed by atoms with Gasteiger partial charge in [0.25, 0.3) is 5.91 Å². The van der Waals surface area contributed by atoms with Gasteiger partial charge in [-0.05, 0) is 31.2 Å². The molecule has 0 saturated heterocycles. The highest BCUT2D eigenvalue weighted by molar-refractivity contribution is 6.31. The number of aromatic nitrogens is 5. The van der Waals surface area contributed by atoms with Crippen LogP contribution in [0.4, 0.5) is 11.5 Å². The standard InChI is InChI=1S/C20H17ClN6O3/c1-3-30-19(29)15-12-23-25(2)17(15)18(28)27(14-6-4-5-13(21)11-14)16-7-9-26-10-8-22-20(26)24-16/h4-12H,3H2,1-2H3. The van der Waals surface area contributed by atoms with E-state index < -0.39 is 11.9 Å². The number of ether oxygens (including phenoxy) is 1. The first kappa shape index (κ1) is 19.6. The Bertz CT molecular complexity index is 1250. The van der Waals surface area contributed by atoms with Gasteiger partial charge in [0, 0.05) is 30.7 Å². The molecule has 0 fully saturated rings. The Kier molecular flexibility index (Phi) is 5.20. The zero-order chi connectivity index (χ0) is 21.3. The quantitative estimate of drug-likeness (QED) is 0.456. The average Bonchev–Trinajstić information content (AvgIpc) is 3.34. The van der Waals surface area contributed by atoms with Crippen LogP contribution in [-0.2, 0) is 11.8 Å². The SMILES string of the molecule is CCOC(=O)c1cnn(C)c1C(=O)N(c1cccc(Cl)c1)c1ccn2ccnc2n1. The maximum Gasteiger partial charge on any atom is 0.342 e. The molecular formula is C20H17ClN6O3. The number of hydrogen-bond donors (Lipinski definition) is 0. The number of carbonyl (C=O) groups excluding carboxylic acids is 2. The van der Waals surface area contributed by atoms with Crippen molar-refractivity contribution in [2.45, 2.75) is 6.92 Å². The number of nitrogens with zero attached hydrogens (tertiary/aromatic N) is 6. The molecule has 1 aromatic carbocycles. The van der Waals surface area contributed by atoms with Gasteiger partial charge in [0.15, 0.2) is 0 Å². The third-order valence-electron chi connectivity index (χ3n) is 4.38. The predicted octanol–water partition coefficient (Wildman–Crippen LogP) is 3.27. The monoisotopic (exact) mass is 424 g/mol. The van der Waals surface area contributed by atoms with Gasteiger partial charge >= 0.3 is 5.97 Å². The number of hydrogen-bond acceptors (Lipinski definition) is 6. The van der Waals surface area contributed by atoms with Crippen molar-refractivity contribution in [1.82, 2.24) is 24.1 Å².